The van der Waals surface area contributed by atoms with Gasteiger partial charge in [0, 0.05) is 35.4 Å². The van der Waals surface area contributed by atoms with Crippen LogP contribution < -0.4 is 4.74 Å². The molecule has 3 aromatic heterocycles. The number of pyridine rings is 1. The van der Waals surface area contributed by atoms with E-state index in [9.17, 15) is 13.2 Å². The Morgan fingerprint density at radius 1 is 0.667 bits per heavy atom. The lowest BCUT2D eigenvalue weighted by molar-refractivity contribution is -0.137. The lowest BCUT2D eigenvalue weighted by Gasteiger charge is -2.14. The molecule has 0 spiro atoms. The maximum atomic E-state index is 13.9. The molecule has 3 aromatic carbocycles. The van der Waals surface area contributed by atoms with Crippen LogP contribution >= 0.6 is 0 Å². The zero-order chi connectivity index (χ0) is 27.3. The van der Waals surface area contributed by atoms with E-state index in [1.165, 1.54) is 0 Å². The van der Waals surface area contributed by atoms with Crippen molar-refractivity contribution in [3.8, 4) is 28.7 Å². The van der Waals surface area contributed by atoms with Crippen LogP contribution in [0.3, 0.4) is 0 Å². The average Bonchev–Trinajstić information content (AvgIpc) is 3.21. The van der Waals surface area contributed by atoms with E-state index in [0.717, 1.165) is 50.6 Å². The van der Waals surface area contributed by atoms with Crippen molar-refractivity contribution in [2.75, 3.05) is 0 Å². The molecule has 0 fully saturated rings. The summed E-state index contributed by atoms with van der Waals surface area (Å²) in [6, 6.07) is 18.9. The van der Waals surface area contributed by atoms with Crippen molar-refractivity contribution in [1.29, 1.82) is 0 Å². The van der Waals surface area contributed by atoms with Crippen LogP contribution in [0, 0.1) is 20.8 Å². The minimum absolute atomic E-state index is 0.0519. The van der Waals surface area contributed by atoms with Crippen molar-refractivity contribution >= 4 is 21.8 Å². The van der Waals surface area contributed by atoms with Crippen LogP contribution in [0.15, 0.2) is 85.3 Å². The number of hydrogen-bond donors (Lipinski definition) is 0. The van der Waals surface area contributed by atoms with Crippen LogP contribution in [-0.2, 0) is 6.18 Å². The Morgan fingerprint density at radius 2 is 1.44 bits per heavy atom. The summed E-state index contributed by atoms with van der Waals surface area (Å²) in [5.41, 5.74) is 4.78. The fraction of sp³-hybridized carbons (Fsp3) is 0.129. The van der Waals surface area contributed by atoms with Crippen molar-refractivity contribution in [3.05, 3.63) is 108 Å². The first kappa shape index (κ1) is 24.6. The van der Waals surface area contributed by atoms with Crippen molar-refractivity contribution in [2.45, 2.75) is 26.9 Å². The first-order valence-electron chi connectivity index (χ1n) is 12.3. The predicted octanol–water partition coefficient (Wildman–Crippen LogP) is 8.37. The van der Waals surface area contributed by atoms with Gasteiger partial charge in [-0.15, -0.1) is 0 Å². The number of ether oxygens (including phenoxy) is 1. The quantitative estimate of drug-likeness (QED) is 0.232. The smallest absolute Gasteiger partial charge is 0.416 e. The van der Waals surface area contributed by atoms with Crippen LogP contribution in [0.25, 0.3) is 38.9 Å². The summed E-state index contributed by atoms with van der Waals surface area (Å²) < 4.78 is 49.5. The summed E-state index contributed by atoms with van der Waals surface area (Å²) in [6.07, 6.45) is 0.489. The van der Waals surface area contributed by atoms with E-state index in [1.807, 2.05) is 55.7 Å². The van der Waals surface area contributed by atoms with Crippen LogP contribution in [0.1, 0.15) is 22.3 Å². The summed E-state index contributed by atoms with van der Waals surface area (Å²) in [4.78, 5) is 13.2. The SMILES string of the molecule is Cc1cnc(-n2c3ccc(C)cc3c3ccc(-c4cc(Oc5cc(C)ccn5)cc(C(F)(F)F)c4)cc32)nc1. The molecule has 0 aliphatic carbocycles. The Bertz CT molecular complexity index is 1860. The second kappa shape index (κ2) is 9.23. The van der Waals surface area contributed by atoms with E-state index in [1.54, 1.807) is 36.8 Å². The molecule has 3 heterocycles. The van der Waals surface area contributed by atoms with E-state index in [2.05, 4.69) is 21.0 Å². The lowest BCUT2D eigenvalue weighted by atomic mass is 10.0. The summed E-state index contributed by atoms with van der Waals surface area (Å²) in [5.74, 6) is 0.763. The topological polar surface area (TPSA) is 52.8 Å². The third-order valence-corrected chi connectivity index (χ3v) is 6.57. The van der Waals surface area contributed by atoms with Gasteiger partial charge in [0.1, 0.15) is 5.75 Å². The van der Waals surface area contributed by atoms with Crippen LogP contribution in [0.2, 0.25) is 0 Å². The molecular weight excluding hydrogens is 501 g/mol. The largest absolute Gasteiger partial charge is 0.439 e. The molecule has 6 aromatic rings. The zero-order valence-electron chi connectivity index (χ0n) is 21.4. The molecule has 0 aliphatic heterocycles. The Labute approximate surface area is 222 Å². The van der Waals surface area contributed by atoms with Gasteiger partial charge in [-0.3, -0.25) is 4.57 Å². The highest BCUT2D eigenvalue weighted by Crippen LogP contribution is 2.39. The molecule has 5 nitrogen and oxygen atoms in total. The lowest BCUT2D eigenvalue weighted by Crippen LogP contribution is -2.05. The van der Waals surface area contributed by atoms with Crippen molar-refractivity contribution in [3.63, 3.8) is 0 Å². The molecule has 0 radical (unpaired) electrons. The second-order valence-electron chi connectivity index (χ2n) is 9.67. The molecule has 0 aliphatic rings. The molecule has 6 rings (SSSR count). The first-order valence-corrected chi connectivity index (χ1v) is 12.3. The number of nitrogens with zero attached hydrogens (tertiary/aromatic N) is 4. The highest BCUT2D eigenvalue weighted by Gasteiger charge is 2.32. The van der Waals surface area contributed by atoms with E-state index in [4.69, 9.17) is 4.74 Å². The van der Waals surface area contributed by atoms with Crippen LogP contribution in [0.5, 0.6) is 11.6 Å². The number of aryl methyl sites for hydroxylation is 3. The van der Waals surface area contributed by atoms with Crippen molar-refractivity contribution < 1.29 is 17.9 Å². The van der Waals surface area contributed by atoms with Gasteiger partial charge in [-0.05, 0) is 85.5 Å². The molecule has 0 amide bonds. The molecule has 0 bridgehead atoms. The highest BCUT2D eigenvalue weighted by atomic mass is 19.4. The normalized spacial score (nSPS) is 11.8. The molecule has 8 heteroatoms. The Morgan fingerprint density at radius 3 is 2.18 bits per heavy atom. The summed E-state index contributed by atoms with van der Waals surface area (Å²) in [5, 5.41) is 1.97. The Balaban J connectivity index is 1.56. The highest BCUT2D eigenvalue weighted by molar-refractivity contribution is 6.10. The van der Waals surface area contributed by atoms with E-state index in [0.29, 0.717) is 17.1 Å². The van der Waals surface area contributed by atoms with Gasteiger partial charge in [0.2, 0.25) is 11.8 Å². The molecule has 0 unspecified atom stereocenters. The number of benzene rings is 3. The first-order chi connectivity index (χ1) is 18.7. The zero-order valence-corrected chi connectivity index (χ0v) is 21.4. The van der Waals surface area contributed by atoms with Gasteiger partial charge in [-0.25, -0.2) is 15.0 Å². The number of aromatic nitrogens is 4. The Kier molecular flexibility index (Phi) is 5.83. The molecule has 0 saturated heterocycles. The van der Waals surface area contributed by atoms with Gasteiger partial charge in [-0.2, -0.15) is 13.2 Å². The van der Waals surface area contributed by atoms with E-state index in [-0.39, 0.29) is 11.6 Å². The Hall–Kier alpha value is -4.72. The number of alkyl halides is 3. The van der Waals surface area contributed by atoms with E-state index < -0.39 is 11.7 Å². The predicted molar refractivity (Wildman–Crippen MR) is 145 cm³/mol. The van der Waals surface area contributed by atoms with Gasteiger partial charge < -0.3 is 4.74 Å². The molecule has 0 N–H and O–H groups in total. The summed E-state index contributed by atoms with van der Waals surface area (Å²) >= 11 is 0. The monoisotopic (exact) mass is 524 g/mol. The van der Waals surface area contributed by atoms with Gasteiger partial charge in [-0.1, -0.05) is 23.8 Å². The molecule has 194 valence electrons. The number of fused-ring (bicyclic) bond motifs is 3. The maximum Gasteiger partial charge on any atom is 0.416 e. The van der Waals surface area contributed by atoms with Crippen molar-refractivity contribution in [2.24, 2.45) is 0 Å². The fourth-order valence-corrected chi connectivity index (χ4v) is 4.70. The number of halogens is 3. The fourth-order valence-electron chi connectivity index (χ4n) is 4.70. The minimum Gasteiger partial charge on any atom is -0.439 e. The number of hydrogen-bond acceptors (Lipinski definition) is 4. The molecule has 0 saturated carbocycles. The molecule has 39 heavy (non-hydrogen) atoms. The third-order valence-electron chi connectivity index (χ3n) is 6.57. The van der Waals surface area contributed by atoms with Crippen LogP contribution in [0.4, 0.5) is 13.2 Å². The minimum atomic E-state index is -4.56. The molecule has 0 atom stereocenters. The summed E-state index contributed by atoms with van der Waals surface area (Å²) in [6.45, 7) is 5.79. The number of rotatable bonds is 4. The van der Waals surface area contributed by atoms with Crippen LogP contribution in [-0.4, -0.2) is 19.5 Å². The standard InChI is InChI=1S/C31H23F3N4O/c1-18-4-7-27-26(10-18)25-6-5-21(14-28(25)38(27)30-36-16-20(3)17-37-30)22-12-23(31(32,33)34)15-24(13-22)39-29-11-19(2)8-9-35-29/h4-17H,1-3H3. The van der Waals surface area contributed by atoms with Crippen molar-refractivity contribution in [1.82, 2.24) is 19.5 Å². The second-order valence-corrected chi connectivity index (χ2v) is 9.67. The van der Waals surface area contributed by atoms with E-state index >= 15 is 0 Å². The van der Waals surface area contributed by atoms with Gasteiger partial charge in [0.25, 0.3) is 0 Å². The average molecular weight is 525 g/mol. The van der Waals surface area contributed by atoms with Gasteiger partial charge in [0.05, 0.1) is 16.6 Å². The van der Waals surface area contributed by atoms with Gasteiger partial charge >= 0.3 is 6.18 Å². The third kappa shape index (κ3) is 4.69. The van der Waals surface area contributed by atoms with Gasteiger partial charge in [0.15, 0.2) is 0 Å². The summed E-state index contributed by atoms with van der Waals surface area (Å²) in [7, 11) is 0. The molecular formula is C31H23F3N4O. The maximum absolute atomic E-state index is 13.9.